The van der Waals surface area contributed by atoms with E-state index in [-0.39, 0.29) is 16.5 Å². The summed E-state index contributed by atoms with van der Waals surface area (Å²) in [6.07, 6.45) is 0. The molecule has 1 heterocycles. The Morgan fingerprint density at radius 3 is 2.45 bits per heavy atom. The van der Waals surface area contributed by atoms with E-state index < -0.39 is 10.0 Å². The highest BCUT2D eigenvalue weighted by Gasteiger charge is 2.22. The van der Waals surface area contributed by atoms with Crippen LogP contribution < -0.4 is 9.46 Å². The van der Waals surface area contributed by atoms with Gasteiger partial charge in [-0.05, 0) is 42.8 Å². The standard InChI is InChI=1S/C23H19FN2O3S2/c1-15-11-12-21(29-2)22(13-15)31(27,28)26-19-10-6-4-8-17(19)20-14-30-23(25-20)16-7-3-5-9-18(16)24/h3-14,26H,1-2H3. The zero-order valence-corrected chi connectivity index (χ0v) is 18.4. The van der Waals surface area contributed by atoms with Crippen LogP contribution >= 0.6 is 11.3 Å². The number of ether oxygens (including phenoxy) is 1. The summed E-state index contributed by atoms with van der Waals surface area (Å²) in [5, 5.41) is 2.30. The van der Waals surface area contributed by atoms with Gasteiger partial charge in [-0.1, -0.05) is 36.4 Å². The van der Waals surface area contributed by atoms with Crippen LogP contribution in [0.2, 0.25) is 0 Å². The second-order valence-corrected chi connectivity index (χ2v) is 9.33. The van der Waals surface area contributed by atoms with Gasteiger partial charge in [-0.25, -0.2) is 17.8 Å². The minimum atomic E-state index is -3.92. The topological polar surface area (TPSA) is 68.3 Å². The number of aryl methyl sites for hydroxylation is 1. The average Bonchev–Trinajstić information content (AvgIpc) is 3.24. The molecule has 4 rings (SSSR count). The molecule has 0 radical (unpaired) electrons. The molecule has 0 atom stereocenters. The first kappa shape index (κ1) is 21.0. The van der Waals surface area contributed by atoms with Crippen molar-refractivity contribution in [3.8, 4) is 27.6 Å². The average molecular weight is 455 g/mol. The van der Waals surface area contributed by atoms with Crippen molar-refractivity contribution in [2.75, 3.05) is 11.8 Å². The van der Waals surface area contributed by atoms with Gasteiger partial charge in [-0.15, -0.1) is 11.3 Å². The molecule has 0 fully saturated rings. The Kier molecular flexibility index (Phi) is 5.75. The fraction of sp³-hybridized carbons (Fsp3) is 0.0870. The van der Waals surface area contributed by atoms with Gasteiger partial charge in [0.1, 0.15) is 21.5 Å². The van der Waals surface area contributed by atoms with E-state index in [0.717, 1.165) is 5.56 Å². The summed E-state index contributed by atoms with van der Waals surface area (Å²) >= 11 is 1.29. The van der Waals surface area contributed by atoms with E-state index in [9.17, 15) is 12.8 Å². The highest BCUT2D eigenvalue weighted by molar-refractivity contribution is 7.92. The van der Waals surface area contributed by atoms with Crippen molar-refractivity contribution in [2.24, 2.45) is 0 Å². The Labute approximate surface area is 184 Å². The second kappa shape index (κ2) is 8.49. The molecule has 0 bridgehead atoms. The summed E-state index contributed by atoms with van der Waals surface area (Å²) in [5.74, 6) is -0.102. The lowest BCUT2D eigenvalue weighted by Gasteiger charge is -2.14. The number of benzene rings is 3. The molecular weight excluding hydrogens is 435 g/mol. The molecule has 0 amide bonds. The number of aromatic nitrogens is 1. The maximum atomic E-state index is 14.1. The molecule has 0 aliphatic rings. The summed E-state index contributed by atoms with van der Waals surface area (Å²) in [4.78, 5) is 4.59. The Balaban J connectivity index is 1.73. The molecule has 0 spiro atoms. The van der Waals surface area contributed by atoms with Gasteiger partial charge >= 0.3 is 0 Å². The van der Waals surface area contributed by atoms with Gasteiger partial charge in [0, 0.05) is 16.5 Å². The van der Waals surface area contributed by atoms with Gasteiger partial charge in [0.25, 0.3) is 10.0 Å². The SMILES string of the molecule is COc1ccc(C)cc1S(=O)(=O)Nc1ccccc1-c1csc(-c2ccccc2F)n1. The maximum Gasteiger partial charge on any atom is 0.265 e. The largest absolute Gasteiger partial charge is 0.495 e. The Hall–Kier alpha value is -3.23. The molecule has 0 saturated heterocycles. The number of nitrogens with one attached hydrogen (secondary N) is 1. The van der Waals surface area contributed by atoms with E-state index in [1.807, 2.05) is 6.92 Å². The lowest BCUT2D eigenvalue weighted by Crippen LogP contribution is -2.15. The smallest absolute Gasteiger partial charge is 0.265 e. The van der Waals surface area contributed by atoms with Crippen LogP contribution in [0.4, 0.5) is 10.1 Å². The van der Waals surface area contributed by atoms with E-state index in [4.69, 9.17) is 4.74 Å². The van der Waals surface area contributed by atoms with Gasteiger partial charge in [0.05, 0.1) is 18.5 Å². The maximum absolute atomic E-state index is 14.1. The number of nitrogens with zero attached hydrogens (tertiary/aromatic N) is 1. The molecule has 4 aromatic rings. The molecule has 31 heavy (non-hydrogen) atoms. The quantitative estimate of drug-likeness (QED) is 0.404. The highest BCUT2D eigenvalue weighted by atomic mass is 32.2. The zero-order valence-electron chi connectivity index (χ0n) is 16.8. The van der Waals surface area contributed by atoms with Crippen LogP contribution in [0, 0.1) is 12.7 Å². The third-order valence-electron chi connectivity index (χ3n) is 4.66. The molecule has 0 unspecified atom stereocenters. The van der Waals surface area contributed by atoms with Crippen molar-refractivity contribution in [3.05, 3.63) is 83.5 Å². The highest BCUT2D eigenvalue weighted by Crippen LogP contribution is 2.35. The summed E-state index contributed by atoms with van der Waals surface area (Å²) in [7, 11) is -2.49. The van der Waals surface area contributed by atoms with Crippen LogP contribution in [0.5, 0.6) is 5.75 Å². The Morgan fingerprint density at radius 1 is 1.00 bits per heavy atom. The van der Waals surface area contributed by atoms with E-state index in [2.05, 4.69) is 9.71 Å². The van der Waals surface area contributed by atoms with Crippen molar-refractivity contribution in [1.29, 1.82) is 0 Å². The molecule has 1 N–H and O–H groups in total. The molecular formula is C23H19FN2O3S2. The van der Waals surface area contributed by atoms with E-state index in [1.165, 1.54) is 24.5 Å². The number of sulfonamides is 1. The molecule has 8 heteroatoms. The van der Waals surface area contributed by atoms with Gasteiger partial charge < -0.3 is 4.74 Å². The summed E-state index contributed by atoms with van der Waals surface area (Å²) in [5.41, 5.74) is 2.72. The molecule has 5 nitrogen and oxygen atoms in total. The van der Waals surface area contributed by atoms with E-state index in [1.54, 1.807) is 66.0 Å². The molecule has 0 saturated carbocycles. The van der Waals surface area contributed by atoms with Gasteiger partial charge in [0.2, 0.25) is 0 Å². The number of rotatable bonds is 6. The minimum Gasteiger partial charge on any atom is -0.495 e. The molecule has 1 aromatic heterocycles. The number of hydrogen-bond acceptors (Lipinski definition) is 5. The zero-order chi connectivity index (χ0) is 22.0. The number of anilines is 1. The van der Waals surface area contributed by atoms with Crippen LogP contribution in [0.15, 0.2) is 77.0 Å². The minimum absolute atomic E-state index is 0.0510. The first-order valence-electron chi connectivity index (χ1n) is 9.36. The van der Waals surface area contributed by atoms with E-state index in [0.29, 0.717) is 27.5 Å². The van der Waals surface area contributed by atoms with Gasteiger partial charge in [0.15, 0.2) is 0 Å². The lowest BCUT2D eigenvalue weighted by atomic mass is 10.1. The lowest BCUT2D eigenvalue weighted by molar-refractivity contribution is 0.402. The van der Waals surface area contributed by atoms with Crippen LogP contribution in [-0.4, -0.2) is 20.5 Å². The fourth-order valence-electron chi connectivity index (χ4n) is 3.14. The number of halogens is 1. The van der Waals surface area contributed by atoms with Crippen molar-refractivity contribution in [3.63, 3.8) is 0 Å². The molecule has 158 valence electrons. The normalized spacial score (nSPS) is 11.3. The number of thiazole rings is 1. The number of para-hydroxylation sites is 1. The van der Waals surface area contributed by atoms with Gasteiger partial charge in [-0.2, -0.15) is 0 Å². The second-order valence-electron chi connectivity index (χ2n) is 6.82. The van der Waals surface area contributed by atoms with E-state index >= 15 is 0 Å². The van der Waals surface area contributed by atoms with Crippen LogP contribution in [0.1, 0.15) is 5.56 Å². The first-order chi connectivity index (χ1) is 14.9. The third kappa shape index (κ3) is 4.30. The summed E-state index contributed by atoms with van der Waals surface area (Å²) in [6.45, 7) is 1.81. The molecule has 0 aliphatic carbocycles. The van der Waals surface area contributed by atoms with Crippen molar-refractivity contribution in [1.82, 2.24) is 4.98 Å². The summed E-state index contributed by atoms with van der Waals surface area (Å²) < 4.78 is 48.3. The van der Waals surface area contributed by atoms with Crippen molar-refractivity contribution in [2.45, 2.75) is 11.8 Å². The Bertz CT molecular complexity index is 1350. The van der Waals surface area contributed by atoms with Crippen LogP contribution in [0.25, 0.3) is 21.8 Å². The Morgan fingerprint density at radius 2 is 1.71 bits per heavy atom. The first-order valence-corrected chi connectivity index (χ1v) is 11.7. The predicted molar refractivity (Wildman–Crippen MR) is 121 cm³/mol. The van der Waals surface area contributed by atoms with Gasteiger partial charge in [-0.3, -0.25) is 4.72 Å². The number of hydrogen-bond donors (Lipinski definition) is 1. The summed E-state index contributed by atoms with van der Waals surface area (Å²) in [6, 6.07) is 18.3. The monoisotopic (exact) mass is 454 g/mol. The molecule has 0 aliphatic heterocycles. The van der Waals surface area contributed by atoms with Crippen LogP contribution in [0.3, 0.4) is 0 Å². The predicted octanol–water partition coefficient (Wildman–Crippen LogP) is 5.73. The van der Waals surface area contributed by atoms with Crippen LogP contribution in [-0.2, 0) is 10.0 Å². The van der Waals surface area contributed by atoms with Crippen molar-refractivity contribution < 1.29 is 17.5 Å². The number of methoxy groups -OCH3 is 1. The van der Waals surface area contributed by atoms with Crippen molar-refractivity contribution >= 4 is 27.0 Å². The molecule has 3 aromatic carbocycles. The fourth-order valence-corrected chi connectivity index (χ4v) is 5.33. The third-order valence-corrected chi connectivity index (χ3v) is 6.93.